The molecule has 0 saturated heterocycles. The Labute approximate surface area is 136 Å². The van der Waals surface area contributed by atoms with Crippen molar-refractivity contribution < 1.29 is 19.7 Å². The first-order chi connectivity index (χ1) is 10.6. The molecule has 2 unspecified atom stereocenters. The first-order valence-corrected chi connectivity index (χ1v) is 9.11. The van der Waals surface area contributed by atoms with Crippen LogP contribution in [-0.2, 0) is 9.53 Å². The van der Waals surface area contributed by atoms with E-state index in [-0.39, 0.29) is 18.5 Å². The van der Waals surface area contributed by atoms with Crippen LogP contribution in [0.25, 0.3) is 0 Å². The number of hydrogen-bond donors (Lipinski definition) is 2. The van der Waals surface area contributed by atoms with Crippen molar-refractivity contribution in [1.82, 2.24) is 0 Å². The molecule has 4 nitrogen and oxygen atoms in total. The van der Waals surface area contributed by atoms with Gasteiger partial charge in [0.15, 0.2) is 0 Å². The first-order valence-electron chi connectivity index (χ1n) is 9.11. The third-order valence-corrected chi connectivity index (χ3v) is 3.92. The second kappa shape index (κ2) is 15.3. The number of ether oxygens (including phenoxy) is 1. The number of esters is 1. The van der Waals surface area contributed by atoms with Crippen molar-refractivity contribution in [2.45, 2.75) is 103 Å². The summed E-state index contributed by atoms with van der Waals surface area (Å²) in [6.45, 7) is 4.32. The standard InChI is InChI=1S/C18H36O4/c1-3-5-9-12-16(19)13-10-7-6-8-11-14-17(20)15-18(21)22-4-2/h16-17,19-20H,3-15H2,1-2H3. The van der Waals surface area contributed by atoms with Gasteiger partial charge in [0.05, 0.1) is 25.2 Å². The van der Waals surface area contributed by atoms with Crippen LogP contribution in [0.1, 0.15) is 90.9 Å². The van der Waals surface area contributed by atoms with Crippen molar-refractivity contribution in [1.29, 1.82) is 0 Å². The zero-order valence-corrected chi connectivity index (χ0v) is 14.6. The lowest BCUT2D eigenvalue weighted by Gasteiger charge is -2.11. The van der Waals surface area contributed by atoms with E-state index in [2.05, 4.69) is 6.92 Å². The smallest absolute Gasteiger partial charge is 0.308 e. The maximum absolute atomic E-state index is 11.2. The van der Waals surface area contributed by atoms with Crippen LogP contribution >= 0.6 is 0 Å². The van der Waals surface area contributed by atoms with E-state index in [1.165, 1.54) is 12.8 Å². The number of carbonyl (C=O) groups is 1. The molecule has 0 saturated carbocycles. The molecule has 0 bridgehead atoms. The van der Waals surface area contributed by atoms with E-state index >= 15 is 0 Å². The Morgan fingerprint density at radius 3 is 1.86 bits per heavy atom. The van der Waals surface area contributed by atoms with Gasteiger partial charge in [-0.2, -0.15) is 0 Å². The van der Waals surface area contributed by atoms with Gasteiger partial charge >= 0.3 is 5.97 Å². The van der Waals surface area contributed by atoms with Crippen LogP contribution in [0.4, 0.5) is 0 Å². The molecule has 132 valence electrons. The zero-order valence-electron chi connectivity index (χ0n) is 14.6. The van der Waals surface area contributed by atoms with Crippen LogP contribution in [0.3, 0.4) is 0 Å². The number of carbonyl (C=O) groups excluding carboxylic acids is 1. The molecule has 2 N–H and O–H groups in total. The molecule has 0 aliphatic carbocycles. The van der Waals surface area contributed by atoms with E-state index in [1.54, 1.807) is 6.92 Å². The van der Waals surface area contributed by atoms with Crippen LogP contribution in [-0.4, -0.2) is 35.0 Å². The number of hydrogen-bond acceptors (Lipinski definition) is 4. The third kappa shape index (κ3) is 14.3. The van der Waals surface area contributed by atoms with Gasteiger partial charge in [-0.3, -0.25) is 4.79 Å². The summed E-state index contributed by atoms with van der Waals surface area (Å²) >= 11 is 0. The van der Waals surface area contributed by atoms with Gasteiger partial charge in [0.1, 0.15) is 0 Å². The Bertz CT molecular complexity index is 255. The maximum atomic E-state index is 11.2. The van der Waals surface area contributed by atoms with Crippen molar-refractivity contribution in [3.8, 4) is 0 Å². The van der Waals surface area contributed by atoms with Crippen LogP contribution < -0.4 is 0 Å². The second-order valence-electron chi connectivity index (χ2n) is 6.16. The minimum absolute atomic E-state index is 0.109. The first kappa shape index (κ1) is 21.4. The van der Waals surface area contributed by atoms with Gasteiger partial charge in [0.2, 0.25) is 0 Å². The minimum atomic E-state index is -0.570. The van der Waals surface area contributed by atoms with Gasteiger partial charge in [-0.1, -0.05) is 58.3 Å². The summed E-state index contributed by atoms with van der Waals surface area (Å²) in [4.78, 5) is 11.2. The fourth-order valence-electron chi connectivity index (χ4n) is 2.58. The van der Waals surface area contributed by atoms with E-state index < -0.39 is 6.10 Å². The average Bonchev–Trinajstić information content (AvgIpc) is 2.46. The molecule has 0 amide bonds. The average molecular weight is 316 g/mol. The Balaban J connectivity index is 3.33. The van der Waals surface area contributed by atoms with Crippen LogP contribution in [0.2, 0.25) is 0 Å². The van der Waals surface area contributed by atoms with E-state index in [0.29, 0.717) is 13.0 Å². The summed E-state index contributed by atoms with van der Waals surface area (Å²) in [5.41, 5.74) is 0. The highest BCUT2D eigenvalue weighted by atomic mass is 16.5. The van der Waals surface area contributed by atoms with E-state index in [1.807, 2.05) is 0 Å². The van der Waals surface area contributed by atoms with Gasteiger partial charge in [0.25, 0.3) is 0 Å². The lowest BCUT2D eigenvalue weighted by Crippen LogP contribution is -2.15. The van der Waals surface area contributed by atoms with Crippen LogP contribution in [0.15, 0.2) is 0 Å². The molecule has 0 aromatic carbocycles. The number of aliphatic hydroxyl groups excluding tert-OH is 2. The highest BCUT2D eigenvalue weighted by Crippen LogP contribution is 2.14. The summed E-state index contributed by atoms with van der Waals surface area (Å²) in [6, 6.07) is 0. The summed E-state index contributed by atoms with van der Waals surface area (Å²) in [5.74, 6) is -0.313. The molecule has 0 aromatic heterocycles. The predicted octanol–water partition coefficient (Wildman–Crippen LogP) is 3.97. The van der Waals surface area contributed by atoms with Crippen molar-refractivity contribution in [2.75, 3.05) is 6.61 Å². The molecular formula is C18H36O4. The SMILES string of the molecule is CCCCCC(O)CCCCCCCC(O)CC(=O)OCC. The molecule has 4 heteroatoms. The summed E-state index contributed by atoms with van der Waals surface area (Å²) < 4.78 is 4.81. The monoisotopic (exact) mass is 316 g/mol. The highest BCUT2D eigenvalue weighted by Gasteiger charge is 2.11. The van der Waals surface area contributed by atoms with E-state index in [9.17, 15) is 15.0 Å². The predicted molar refractivity (Wildman–Crippen MR) is 89.7 cm³/mol. The highest BCUT2D eigenvalue weighted by molar-refractivity contribution is 5.69. The second-order valence-corrected chi connectivity index (χ2v) is 6.16. The fourth-order valence-corrected chi connectivity index (χ4v) is 2.58. The molecule has 0 radical (unpaired) electrons. The quantitative estimate of drug-likeness (QED) is 0.354. The lowest BCUT2D eigenvalue weighted by atomic mass is 10.0. The topological polar surface area (TPSA) is 66.8 Å². The molecule has 0 rings (SSSR count). The van der Waals surface area contributed by atoms with Crippen molar-refractivity contribution >= 4 is 5.97 Å². The fraction of sp³-hybridized carbons (Fsp3) is 0.944. The molecule has 0 fully saturated rings. The minimum Gasteiger partial charge on any atom is -0.466 e. The summed E-state index contributed by atoms with van der Waals surface area (Å²) in [6.07, 6.45) is 10.9. The van der Waals surface area contributed by atoms with Gasteiger partial charge in [-0.05, 0) is 26.2 Å². The van der Waals surface area contributed by atoms with Crippen molar-refractivity contribution in [3.63, 3.8) is 0 Å². The van der Waals surface area contributed by atoms with Crippen LogP contribution in [0.5, 0.6) is 0 Å². The van der Waals surface area contributed by atoms with Gasteiger partial charge in [-0.25, -0.2) is 0 Å². The molecule has 2 atom stereocenters. The van der Waals surface area contributed by atoms with Crippen LogP contribution in [0, 0.1) is 0 Å². The number of unbranched alkanes of at least 4 members (excludes halogenated alkanes) is 6. The van der Waals surface area contributed by atoms with Crippen molar-refractivity contribution in [3.05, 3.63) is 0 Å². The molecule has 22 heavy (non-hydrogen) atoms. The molecule has 0 spiro atoms. The Morgan fingerprint density at radius 1 is 0.818 bits per heavy atom. The molecule has 0 heterocycles. The normalized spacial score (nSPS) is 13.8. The van der Waals surface area contributed by atoms with E-state index in [4.69, 9.17) is 4.74 Å². The number of rotatable bonds is 15. The largest absolute Gasteiger partial charge is 0.466 e. The maximum Gasteiger partial charge on any atom is 0.308 e. The summed E-state index contributed by atoms with van der Waals surface area (Å²) in [7, 11) is 0. The van der Waals surface area contributed by atoms with E-state index in [0.717, 1.165) is 51.4 Å². The third-order valence-electron chi connectivity index (χ3n) is 3.92. The Morgan fingerprint density at radius 2 is 1.32 bits per heavy atom. The summed E-state index contributed by atoms with van der Waals surface area (Å²) in [5, 5.41) is 19.5. The van der Waals surface area contributed by atoms with Gasteiger partial charge < -0.3 is 14.9 Å². The molecule has 0 aromatic rings. The molecular weight excluding hydrogens is 280 g/mol. The Kier molecular flexibility index (Phi) is 14.9. The molecule has 0 aliphatic heterocycles. The lowest BCUT2D eigenvalue weighted by molar-refractivity contribution is -0.145. The van der Waals surface area contributed by atoms with Crippen molar-refractivity contribution in [2.24, 2.45) is 0 Å². The van der Waals surface area contributed by atoms with Gasteiger partial charge in [-0.15, -0.1) is 0 Å². The van der Waals surface area contributed by atoms with Gasteiger partial charge in [0, 0.05) is 0 Å². The Hall–Kier alpha value is -0.610. The number of aliphatic hydroxyl groups is 2. The molecule has 0 aliphatic rings. The zero-order chi connectivity index (χ0) is 16.6.